The van der Waals surface area contributed by atoms with Crippen molar-refractivity contribution in [2.75, 3.05) is 39.3 Å². The van der Waals surface area contributed by atoms with Crippen LogP contribution < -0.4 is 5.32 Å². The standard InChI is InChI=1S/C14H25N5O.HI/c1-3-6-16-14(15-4-2)19-9-7-18(8-10-19)12-13-5-11-20-17-13;/h5,11H,3-4,6-10,12H2,1-2H3,(H,15,16);1H. The summed E-state index contributed by atoms with van der Waals surface area (Å²) in [7, 11) is 0. The minimum atomic E-state index is 0. The van der Waals surface area contributed by atoms with E-state index in [1.807, 2.05) is 6.07 Å². The molecular formula is C14H26IN5O. The normalized spacial score (nSPS) is 16.7. The van der Waals surface area contributed by atoms with Crippen molar-refractivity contribution in [3.8, 4) is 0 Å². The second-order valence-corrected chi connectivity index (χ2v) is 4.99. The molecule has 0 aliphatic carbocycles. The van der Waals surface area contributed by atoms with E-state index < -0.39 is 0 Å². The Bertz CT molecular complexity index is 402. The third-order valence-electron chi connectivity index (χ3n) is 3.37. The molecule has 1 saturated heterocycles. The van der Waals surface area contributed by atoms with E-state index in [4.69, 9.17) is 4.52 Å². The van der Waals surface area contributed by atoms with Crippen LogP contribution in [0, 0.1) is 0 Å². The molecule has 1 aromatic heterocycles. The molecule has 0 amide bonds. The van der Waals surface area contributed by atoms with Crippen molar-refractivity contribution >= 4 is 29.9 Å². The minimum Gasteiger partial charge on any atom is -0.364 e. The van der Waals surface area contributed by atoms with Crippen LogP contribution in [0.3, 0.4) is 0 Å². The second kappa shape index (κ2) is 9.99. The molecule has 1 fully saturated rings. The first kappa shape index (κ1) is 18.2. The van der Waals surface area contributed by atoms with Crippen molar-refractivity contribution in [1.82, 2.24) is 20.3 Å². The molecule has 1 aromatic rings. The lowest BCUT2D eigenvalue weighted by Gasteiger charge is -2.36. The zero-order valence-corrected chi connectivity index (χ0v) is 15.2. The van der Waals surface area contributed by atoms with E-state index in [-0.39, 0.29) is 24.0 Å². The third-order valence-corrected chi connectivity index (χ3v) is 3.37. The SMILES string of the molecule is CCCN=C(NCC)N1CCN(Cc2ccon2)CC1.I. The maximum absolute atomic E-state index is 4.88. The number of nitrogens with zero attached hydrogens (tertiary/aromatic N) is 4. The number of piperazine rings is 1. The Morgan fingerprint density at radius 3 is 2.67 bits per heavy atom. The summed E-state index contributed by atoms with van der Waals surface area (Å²) in [4.78, 5) is 9.39. The molecule has 120 valence electrons. The van der Waals surface area contributed by atoms with E-state index in [0.29, 0.717) is 0 Å². The lowest BCUT2D eigenvalue weighted by Crippen LogP contribution is -2.52. The lowest BCUT2D eigenvalue weighted by atomic mass is 10.3. The van der Waals surface area contributed by atoms with E-state index in [9.17, 15) is 0 Å². The number of nitrogens with one attached hydrogen (secondary N) is 1. The molecule has 0 aromatic carbocycles. The Balaban J connectivity index is 0.00000220. The van der Waals surface area contributed by atoms with Crippen molar-refractivity contribution in [1.29, 1.82) is 0 Å². The zero-order valence-electron chi connectivity index (χ0n) is 12.9. The number of rotatable bonds is 5. The van der Waals surface area contributed by atoms with Gasteiger partial charge in [0.25, 0.3) is 0 Å². The fraction of sp³-hybridized carbons (Fsp3) is 0.714. The maximum atomic E-state index is 4.88. The van der Waals surface area contributed by atoms with E-state index in [1.165, 1.54) is 0 Å². The summed E-state index contributed by atoms with van der Waals surface area (Å²) in [5, 5.41) is 7.35. The fourth-order valence-electron chi connectivity index (χ4n) is 2.31. The van der Waals surface area contributed by atoms with Crippen LogP contribution in [0.1, 0.15) is 26.0 Å². The maximum Gasteiger partial charge on any atom is 0.194 e. The second-order valence-electron chi connectivity index (χ2n) is 4.99. The molecule has 6 nitrogen and oxygen atoms in total. The highest BCUT2D eigenvalue weighted by molar-refractivity contribution is 14.0. The number of halogens is 1. The number of hydrogen-bond acceptors (Lipinski definition) is 4. The summed E-state index contributed by atoms with van der Waals surface area (Å²) >= 11 is 0. The molecule has 7 heteroatoms. The Kier molecular flexibility index (Phi) is 8.67. The molecule has 0 saturated carbocycles. The summed E-state index contributed by atoms with van der Waals surface area (Å²) in [6, 6.07) is 1.93. The predicted molar refractivity (Wildman–Crippen MR) is 95.0 cm³/mol. The van der Waals surface area contributed by atoms with Crippen molar-refractivity contribution in [3.05, 3.63) is 18.0 Å². The smallest absolute Gasteiger partial charge is 0.194 e. The molecule has 0 unspecified atom stereocenters. The van der Waals surface area contributed by atoms with Crippen LogP contribution >= 0.6 is 24.0 Å². The summed E-state index contributed by atoms with van der Waals surface area (Å²) in [6.07, 6.45) is 2.72. The predicted octanol–water partition coefficient (Wildman–Crippen LogP) is 1.79. The van der Waals surface area contributed by atoms with Crippen molar-refractivity contribution < 1.29 is 4.52 Å². The van der Waals surface area contributed by atoms with Crippen LogP contribution in [-0.4, -0.2) is 60.2 Å². The van der Waals surface area contributed by atoms with Gasteiger partial charge in [0.15, 0.2) is 5.96 Å². The molecule has 0 bridgehead atoms. The first-order valence-corrected chi connectivity index (χ1v) is 7.48. The van der Waals surface area contributed by atoms with Gasteiger partial charge in [-0.3, -0.25) is 9.89 Å². The number of aliphatic imine (C=N–C) groups is 1. The van der Waals surface area contributed by atoms with Gasteiger partial charge in [0.05, 0.1) is 5.69 Å². The van der Waals surface area contributed by atoms with Gasteiger partial charge in [-0.15, -0.1) is 24.0 Å². The quantitative estimate of drug-likeness (QED) is 0.458. The van der Waals surface area contributed by atoms with Crippen molar-refractivity contribution in [2.24, 2.45) is 4.99 Å². The van der Waals surface area contributed by atoms with Gasteiger partial charge < -0.3 is 14.7 Å². The van der Waals surface area contributed by atoms with Crippen LogP contribution in [-0.2, 0) is 6.54 Å². The monoisotopic (exact) mass is 407 g/mol. The van der Waals surface area contributed by atoms with Crippen LogP contribution in [0.15, 0.2) is 21.8 Å². The molecule has 0 spiro atoms. The van der Waals surface area contributed by atoms with Crippen LogP contribution in [0.2, 0.25) is 0 Å². The van der Waals surface area contributed by atoms with Gasteiger partial charge in [-0.2, -0.15) is 0 Å². The Labute approximate surface area is 144 Å². The van der Waals surface area contributed by atoms with E-state index in [2.05, 4.69) is 39.1 Å². The number of guanidine groups is 1. The highest BCUT2D eigenvalue weighted by Crippen LogP contribution is 2.07. The molecule has 2 heterocycles. The van der Waals surface area contributed by atoms with Gasteiger partial charge in [0.2, 0.25) is 0 Å². The van der Waals surface area contributed by atoms with E-state index in [0.717, 1.165) is 63.9 Å². The fourth-order valence-corrected chi connectivity index (χ4v) is 2.31. The zero-order chi connectivity index (χ0) is 14.2. The average Bonchev–Trinajstić information content (AvgIpc) is 2.97. The summed E-state index contributed by atoms with van der Waals surface area (Å²) in [6.45, 7) is 11.0. The topological polar surface area (TPSA) is 56.9 Å². The Morgan fingerprint density at radius 1 is 1.33 bits per heavy atom. The molecule has 2 rings (SSSR count). The van der Waals surface area contributed by atoms with Gasteiger partial charge in [-0.25, -0.2) is 0 Å². The molecule has 1 aliphatic heterocycles. The van der Waals surface area contributed by atoms with Crippen molar-refractivity contribution in [3.63, 3.8) is 0 Å². The number of hydrogen-bond donors (Lipinski definition) is 1. The minimum absolute atomic E-state index is 0. The highest BCUT2D eigenvalue weighted by Gasteiger charge is 2.19. The lowest BCUT2D eigenvalue weighted by molar-refractivity contribution is 0.169. The average molecular weight is 407 g/mol. The highest BCUT2D eigenvalue weighted by atomic mass is 127. The molecule has 1 N–H and O–H groups in total. The summed E-state index contributed by atoms with van der Waals surface area (Å²) < 4.78 is 4.88. The Hall–Kier alpha value is -0.830. The van der Waals surface area contributed by atoms with Crippen molar-refractivity contribution in [2.45, 2.75) is 26.8 Å². The summed E-state index contributed by atoms with van der Waals surface area (Å²) in [5.41, 5.74) is 1.00. The molecule has 21 heavy (non-hydrogen) atoms. The largest absolute Gasteiger partial charge is 0.364 e. The van der Waals surface area contributed by atoms with Gasteiger partial charge >= 0.3 is 0 Å². The van der Waals surface area contributed by atoms with Gasteiger partial charge in [0, 0.05) is 51.9 Å². The van der Waals surface area contributed by atoms with Crippen LogP contribution in [0.5, 0.6) is 0 Å². The van der Waals surface area contributed by atoms with Gasteiger partial charge in [0.1, 0.15) is 6.26 Å². The molecule has 0 radical (unpaired) electrons. The van der Waals surface area contributed by atoms with Gasteiger partial charge in [-0.1, -0.05) is 12.1 Å². The number of aromatic nitrogens is 1. The van der Waals surface area contributed by atoms with E-state index in [1.54, 1.807) is 6.26 Å². The van der Waals surface area contributed by atoms with E-state index >= 15 is 0 Å². The van der Waals surface area contributed by atoms with Crippen LogP contribution in [0.25, 0.3) is 0 Å². The van der Waals surface area contributed by atoms with Gasteiger partial charge in [-0.05, 0) is 13.3 Å². The first-order valence-electron chi connectivity index (χ1n) is 7.48. The molecule has 0 atom stereocenters. The van der Waals surface area contributed by atoms with Crippen LogP contribution in [0.4, 0.5) is 0 Å². The molecule has 1 aliphatic rings. The molecular weight excluding hydrogens is 381 g/mol. The third kappa shape index (κ3) is 5.82. The summed E-state index contributed by atoms with van der Waals surface area (Å²) in [5.74, 6) is 1.05. The first-order chi connectivity index (χ1) is 9.83. The Morgan fingerprint density at radius 2 is 2.10 bits per heavy atom.